The zero-order valence-electron chi connectivity index (χ0n) is 11.3. The predicted octanol–water partition coefficient (Wildman–Crippen LogP) is 1.40. The van der Waals surface area contributed by atoms with Gasteiger partial charge in [0.15, 0.2) is 0 Å². The molecule has 0 radical (unpaired) electrons. The number of anilines is 1. The van der Waals surface area contributed by atoms with Gasteiger partial charge in [-0.25, -0.2) is 0 Å². The summed E-state index contributed by atoms with van der Waals surface area (Å²) in [4.78, 5) is 2.38. The molecule has 0 aromatic heterocycles. The van der Waals surface area contributed by atoms with Gasteiger partial charge in [-0.3, -0.25) is 0 Å². The molecular weight excluding hydrogens is 240 g/mol. The minimum atomic E-state index is 0.527. The Hall–Kier alpha value is -1.10. The zero-order valence-corrected chi connectivity index (χ0v) is 11.3. The third-order valence-corrected chi connectivity index (χ3v) is 3.84. The number of ether oxygens (including phenoxy) is 2. The van der Waals surface area contributed by atoms with Gasteiger partial charge in [-0.15, -0.1) is 0 Å². The number of hydrogen-bond donors (Lipinski definition) is 1. The number of nitrogens with zero attached hydrogens (tertiary/aromatic N) is 1. The van der Waals surface area contributed by atoms with Crippen LogP contribution in [0, 0.1) is 0 Å². The van der Waals surface area contributed by atoms with E-state index >= 15 is 0 Å². The minimum Gasteiger partial charge on any atom is -0.380 e. The lowest BCUT2D eigenvalue weighted by molar-refractivity contribution is 0.122. The summed E-state index contributed by atoms with van der Waals surface area (Å²) in [5.74, 6) is 0. The van der Waals surface area contributed by atoms with E-state index in [2.05, 4.69) is 34.5 Å². The van der Waals surface area contributed by atoms with Crippen molar-refractivity contribution in [1.29, 1.82) is 0 Å². The van der Waals surface area contributed by atoms with Gasteiger partial charge in [0, 0.05) is 38.0 Å². The van der Waals surface area contributed by atoms with Gasteiger partial charge in [-0.2, -0.15) is 0 Å². The molecule has 1 aromatic carbocycles. The minimum absolute atomic E-state index is 0.527. The van der Waals surface area contributed by atoms with Crippen molar-refractivity contribution in [1.82, 2.24) is 5.32 Å². The van der Waals surface area contributed by atoms with Crippen LogP contribution in [0.15, 0.2) is 24.3 Å². The molecule has 0 aliphatic carbocycles. The summed E-state index contributed by atoms with van der Waals surface area (Å²) in [5.41, 5.74) is 2.64. The smallest absolute Gasteiger partial charge is 0.0642 e. The first-order valence-corrected chi connectivity index (χ1v) is 7.14. The molecular formula is C15H22N2O2. The Morgan fingerprint density at radius 2 is 1.84 bits per heavy atom. The van der Waals surface area contributed by atoms with Crippen LogP contribution in [-0.2, 0) is 16.0 Å². The van der Waals surface area contributed by atoms with Gasteiger partial charge < -0.3 is 19.7 Å². The van der Waals surface area contributed by atoms with E-state index in [1.54, 1.807) is 0 Å². The zero-order chi connectivity index (χ0) is 12.9. The van der Waals surface area contributed by atoms with Crippen LogP contribution in [0.2, 0.25) is 0 Å². The fourth-order valence-electron chi connectivity index (χ4n) is 2.60. The first-order chi connectivity index (χ1) is 9.42. The van der Waals surface area contributed by atoms with Gasteiger partial charge in [-0.1, -0.05) is 12.1 Å². The normalized spacial score (nSPS) is 23.8. The molecule has 1 N–H and O–H groups in total. The number of nitrogens with one attached hydrogen (secondary N) is 1. The average Bonchev–Trinajstić information content (AvgIpc) is 3.00. The van der Waals surface area contributed by atoms with E-state index in [0.29, 0.717) is 6.04 Å². The van der Waals surface area contributed by atoms with Crippen LogP contribution in [0.4, 0.5) is 5.69 Å². The molecule has 0 amide bonds. The summed E-state index contributed by atoms with van der Waals surface area (Å²) < 4.78 is 10.7. The van der Waals surface area contributed by atoms with Gasteiger partial charge in [0.05, 0.1) is 19.8 Å². The molecule has 0 spiro atoms. The lowest BCUT2D eigenvalue weighted by atomic mass is 10.1. The molecule has 2 fully saturated rings. The van der Waals surface area contributed by atoms with E-state index in [1.807, 2.05) is 0 Å². The van der Waals surface area contributed by atoms with E-state index in [0.717, 1.165) is 52.5 Å². The Morgan fingerprint density at radius 1 is 1.05 bits per heavy atom. The molecule has 4 heteroatoms. The molecule has 0 saturated carbocycles. The molecule has 2 aliphatic heterocycles. The van der Waals surface area contributed by atoms with Crippen molar-refractivity contribution in [3.63, 3.8) is 0 Å². The number of morpholine rings is 1. The van der Waals surface area contributed by atoms with E-state index in [4.69, 9.17) is 9.47 Å². The standard InChI is InChI=1S/C15H22N2O2/c1-3-15(17-6-9-18-10-7-17)4-2-13(1)11-16-14-5-8-19-12-14/h1-4,14,16H,5-12H2. The first-order valence-electron chi connectivity index (χ1n) is 7.14. The lowest BCUT2D eigenvalue weighted by Crippen LogP contribution is -2.36. The molecule has 2 aliphatic rings. The van der Waals surface area contributed by atoms with E-state index < -0.39 is 0 Å². The number of benzene rings is 1. The third kappa shape index (κ3) is 3.47. The maximum atomic E-state index is 5.38. The molecule has 104 valence electrons. The number of rotatable bonds is 4. The highest BCUT2D eigenvalue weighted by molar-refractivity contribution is 5.47. The summed E-state index contributed by atoms with van der Waals surface area (Å²) in [6.45, 7) is 6.35. The largest absolute Gasteiger partial charge is 0.380 e. The highest BCUT2D eigenvalue weighted by Crippen LogP contribution is 2.17. The Balaban J connectivity index is 1.52. The van der Waals surface area contributed by atoms with Gasteiger partial charge in [0.2, 0.25) is 0 Å². The Bertz CT molecular complexity index is 382. The first kappa shape index (κ1) is 12.9. The van der Waals surface area contributed by atoms with Crippen molar-refractivity contribution in [2.24, 2.45) is 0 Å². The van der Waals surface area contributed by atoms with Gasteiger partial charge >= 0.3 is 0 Å². The summed E-state index contributed by atoms with van der Waals surface area (Å²) in [6, 6.07) is 9.39. The van der Waals surface area contributed by atoms with E-state index in [1.165, 1.54) is 11.3 Å². The van der Waals surface area contributed by atoms with Crippen molar-refractivity contribution in [2.45, 2.75) is 19.0 Å². The van der Waals surface area contributed by atoms with Crippen molar-refractivity contribution < 1.29 is 9.47 Å². The molecule has 1 aromatic rings. The molecule has 19 heavy (non-hydrogen) atoms. The third-order valence-electron chi connectivity index (χ3n) is 3.84. The lowest BCUT2D eigenvalue weighted by Gasteiger charge is -2.29. The Kier molecular flexibility index (Phi) is 4.33. The molecule has 3 rings (SSSR count). The van der Waals surface area contributed by atoms with Crippen molar-refractivity contribution in [3.8, 4) is 0 Å². The molecule has 0 bridgehead atoms. The van der Waals surface area contributed by atoms with Crippen LogP contribution in [-0.4, -0.2) is 45.6 Å². The van der Waals surface area contributed by atoms with E-state index in [9.17, 15) is 0 Å². The summed E-state index contributed by atoms with van der Waals surface area (Å²) in [6.07, 6.45) is 1.13. The molecule has 2 heterocycles. The van der Waals surface area contributed by atoms with Crippen LogP contribution >= 0.6 is 0 Å². The van der Waals surface area contributed by atoms with Crippen LogP contribution in [0.3, 0.4) is 0 Å². The van der Waals surface area contributed by atoms with Crippen LogP contribution < -0.4 is 10.2 Å². The van der Waals surface area contributed by atoms with Crippen LogP contribution in [0.1, 0.15) is 12.0 Å². The topological polar surface area (TPSA) is 33.7 Å². The van der Waals surface area contributed by atoms with E-state index in [-0.39, 0.29) is 0 Å². The summed E-state index contributed by atoms with van der Waals surface area (Å²) >= 11 is 0. The molecule has 1 atom stereocenters. The maximum Gasteiger partial charge on any atom is 0.0642 e. The molecule has 1 unspecified atom stereocenters. The Labute approximate surface area is 114 Å². The second-order valence-corrected chi connectivity index (χ2v) is 5.21. The highest BCUT2D eigenvalue weighted by atomic mass is 16.5. The van der Waals surface area contributed by atoms with Gasteiger partial charge in [0.25, 0.3) is 0 Å². The highest BCUT2D eigenvalue weighted by Gasteiger charge is 2.14. The van der Waals surface area contributed by atoms with Crippen molar-refractivity contribution >= 4 is 5.69 Å². The quantitative estimate of drug-likeness (QED) is 0.889. The van der Waals surface area contributed by atoms with Crippen molar-refractivity contribution in [2.75, 3.05) is 44.4 Å². The fraction of sp³-hybridized carbons (Fsp3) is 0.600. The maximum absolute atomic E-state index is 5.38. The van der Waals surface area contributed by atoms with Crippen LogP contribution in [0.5, 0.6) is 0 Å². The molecule has 2 saturated heterocycles. The second-order valence-electron chi connectivity index (χ2n) is 5.21. The number of hydrogen-bond acceptors (Lipinski definition) is 4. The summed E-state index contributed by atoms with van der Waals surface area (Å²) in [7, 11) is 0. The van der Waals surface area contributed by atoms with Crippen molar-refractivity contribution in [3.05, 3.63) is 29.8 Å². The summed E-state index contributed by atoms with van der Waals surface area (Å²) in [5, 5.41) is 3.54. The SMILES string of the molecule is c1cc(N2CCOCC2)ccc1CNC1CCOC1. The second kappa shape index (κ2) is 6.37. The average molecular weight is 262 g/mol. The predicted molar refractivity (Wildman–Crippen MR) is 75.5 cm³/mol. The molecule has 4 nitrogen and oxygen atoms in total. The fourth-order valence-corrected chi connectivity index (χ4v) is 2.60. The van der Waals surface area contributed by atoms with Gasteiger partial charge in [0.1, 0.15) is 0 Å². The van der Waals surface area contributed by atoms with Gasteiger partial charge in [-0.05, 0) is 24.1 Å². The van der Waals surface area contributed by atoms with Crippen LogP contribution in [0.25, 0.3) is 0 Å². The monoisotopic (exact) mass is 262 g/mol. The Morgan fingerprint density at radius 3 is 2.53 bits per heavy atom.